The number of ether oxygens (including phenoxy) is 1. The van der Waals surface area contributed by atoms with Gasteiger partial charge >= 0.3 is 0 Å². The summed E-state index contributed by atoms with van der Waals surface area (Å²) in [5.74, 6) is 0.543. The van der Waals surface area contributed by atoms with Crippen molar-refractivity contribution >= 4 is 17.5 Å². The van der Waals surface area contributed by atoms with Crippen LogP contribution < -0.4 is 15.0 Å². The van der Waals surface area contributed by atoms with E-state index in [1.165, 1.54) is 0 Å². The second-order valence-corrected chi connectivity index (χ2v) is 9.92. The molecule has 0 unspecified atom stereocenters. The van der Waals surface area contributed by atoms with Gasteiger partial charge in [-0.05, 0) is 59.7 Å². The van der Waals surface area contributed by atoms with E-state index in [4.69, 9.17) is 4.74 Å². The molecule has 2 amide bonds. The fourth-order valence-electron chi connectivity index (χ4n) is 5.31. The fraction of sp³-hybridized carbons (Fsp3) is 0.147. The van der Waals surface area contributed by atoms with Gasteiger partial charge in [0.1, 0.15) is 11.4 Å². The first-order valence-corrected chi connectivity index (χ1v) is 13.6. The molecule has 2 aromatic heterocycles. The smallest absolute Gasteiger partial charge is 0.267 e. The lowest BCUT2D eigenvalue weighted by Gasteiger charge is -2.23. The quantitative estimate of drug-likeness (QED) is 0.285. The number of benzene rings is 3. The first kappa shape index (κ1) is 26.1. The lowest BCUT2D eigenvalue weighted by molar-refractivity contribution is 0.0944. The summed E-state index contributed by atoms with van der Waals surface area (Å²) in [5, 5.41) is 3.03. The molecule has 0 spiro atoms. The lowest BCUT2D eigenvalue weighted by atomic mass is 10.0. The Morgan fingerprint density at radius 2 is 1.63 bits per heavy atom. The summed E-state index contributed by atoms with van der Waals surface area (Å²) in [6, 6.07) is 32.9. The number of fused-ring (bicyclic) bond motifs is 2. The molecule has 6 rings (SSSR count). The predicted molar refractivity (Wildman–Crippen MR) is 159 cm³/mol. The van der Waals surface area contributed by atoms with Crippen LogP contribution in [0.4, 0.5) is 5.69 Å². The van der Waals surface area contributed by atoms with Gasteiger partial charge in [-0.3, -0.25) is 14.6 Å². The van der Waals surface area contributed by atoms with Crippen molar-refractivity contribution in [3.8, 4) is 16.9 Å². The standard InChI is InChI=1S/C34H30N4O3/c1-41-32-12-5-3-10-29(32)24-13-15-25(16-14-24)34(40)38-23-28-17-18-31(37(28)22-26-8-2-4-11-30(26)38)33(39)36-21-19-27-9-6-7-20-35-27/h2-18,20H,19,21-23H2,1H3,(H,36,39). The molecule has 41 heavy (non-hydrogen) atoms. The Kier molecular flexibility index (Phi) is 7.32. The first-order chi connectivity index (χ1) is 20.1. The highest BCUT2D eigenvalue weighted by Gasteiger charge is 2.27. The van der Waals surface area contributed by atoms with Crippen LogP contribution in [0.25, 0.3) is 11.1 Å². The van der Waals surface area contributed by atoms with Gasteiger partial charge in [0, 0.05) is 47.4 Å². The molecule has 0 radical (unpaired) electrons. The average Bonchev–Trinajstić information content (AvgIpc) is 3.34. The predicted octanol–water partition coefficient (Wildman–Crippen LogP) is 5.74. The molecule has 1 N–H and O–H groups in total. The van der Waals surface area contributed by atoms with Crippen LogP contribution in [0.15, 0.2) is 109 Å². The van der Waals surface area contributed by atoms with Crippen LogP contribution in [-0.4, -0.2) is 35.0 Å². The van der Waals surface area contributed by atoms with E-state index in [1.54, 1.807) is 18.2 Å². The monoisotopic (exact) mass is 542 g/mol. The summed E-state index contributed by atoms with van der Waals surface area (Å²) in [4.78, 5) is 33.2. The minimum atomic E-state index is -0.142. The van der Waals surface area contributed by atoms with Gasteiger partial charge < -0.3 is 19.5 Å². The van der Waals surface area contributed by atoms with Crippen LogP contribution >= 0.6 is 0 Å². The van der Waals surface area contributed by atoms with E-state index in [9.17, 15) is 9.59 Å². The van der Waals surface area contributed by atoms with Crippen molar-refractivity contribution < 1.29 is 14.3 Å². The van der Waals surface area contributed by atoms with Crippen molar-refractivity contribution in [2.75, 3.05) is 18.6 Å². The van der Waals surface area contributed by atoms with Crippen LogP contribution in [0, 0.1) is 0 Å². The highest BCUT2D eigenvalue weighted by atomic mass is 16.5. The van der Waals surface area contributed by atoms with Crippen LogP contribution in [0.3, 0.4) is 0 Å². The van der Waals surface area contributed by atoms with E-state index in [0.29, 0.717) is 37.3 Å². The minimum absolute atomic E-state index is 0.0972. The van der Waals surface area contributed by atoms with Crippen molar-refractivity contribution in [2.24, 2.45) is 0 Å². The molecule has 0 aliphatic carbocycles. The molecule has 3 heterocycles. The third-order valence-corrected chi connectivity index (χ3v) is 7.42. The lowest BCUT2D eigenvalue weighted by Crippen LogP contribution is -2.31. The summed E-state index contributed by atoms with van der Waals surface area (Å²) < 4.78 is 7.52. The molecule has 0 atom stereocenters. The Morgan fingerprint density at radius 1 is 0.854 bits per heavy atom. The van der Waals surface area contributed by atoms with E-state index >= 15 is 0 Å². The topological polar surface area (TPSA) is 76.5 Å². The largest absolute Gasteiger partial charge is 0.496 e. The van der Waals surface area contributed by atoms with E-state index in [2.05, 4.69) is 10.3 Å². The van der Waals surface area contributed by atoms with E-state index < -0.39 is 0 Å². The van der Waals surface area contributed by atoms with E-state index in [1.807, 2.05) is 108 Å². The number of anilines is 1. The molecule has 3 aromatic carbocycles. The van der Waals surface area contributed by atoms with Crippen molar-refractivity contribution in [1.82, 2.24) is 14.9 Å². The van der Waals surface area contributed by atoms with Crippen molar-refractivity contribution in [1.29, 1.82) is 0 Å². The summed E-state index contributed by atoms with van der Waals surface area (Å²) in [6.45, 7) is 1.34. The van der Waals surface area contributed by atoms with Gasteiger partial charge in [-0.15, -0.1) is 0 Å². The molecule has 1 aliphatic heterocycles. The summed E-state index contributed by atoms with van der Waals surface area (Å²) in [6.07, 6.45) is 2.41. The van der Waals surface area contributed by atoms with Gasteiger partial charge in [0.05, 0.1) is 20.2 Å². The molecule has 7 nitrogen and oxygen atoms in total. The number of nitrogens with one attached hydrogen (secondary N) is 1. The van der Waals surface area contributed by atoms with Crippen LogP contribution in [0.2, 0.25) is 0 Å². The number of nitrogens with zero attached hydrogens (tertiary/aromatic N) is 3. The summed E-state index contributed by atoms with van der Waals surface area (Å²) in [7, 11) is 1.65. The van der Waals surface area contributed by atoms with E-state index in [0.717, 1.165) is 39.5 Å². The Labute approximate surface area is 239 Å². The number of pyridine rings is 1. The average molecular weight is 543 g/mol. The number of hydrogen-bond donors (Lipinski definition) is 1. The number of carbonyl (C=O) groups excluding carboxylic acids is 2. The van der Waals surface area contributed by atoms with Crippen molar-refractivity contribution in [2.45, 2.75) is 19.5 Å². The zero-order valence-electron chi connectivity index (χ0n) is 22.8. The summed E-state index contributed by atoms with van der Waals surface area (Å²) >= 11 is 0. The normalized spacial score (nSPS) is 12.2. The number of hydrogen-bond acceptors (Lipinski definition) is 4. The number of aromatic nitrogens is 2. The summed E-state index contributed by atoms with van der Waals surface area (Å²) in [5.41, 5.74) is 6.76. The molecular formula is C34H30N4O3. The van der Waals surface area contributed by atoms with Crippen molar-refractivity contribution in [3.63, 3.8) is 0 Å². The Morgan fingerprint density at radius 3 is 2.44 bits per heavy atom. The van der Waals surface area contributed by atoms with Gasteiger partial charge in [0.25, 0.3) is 11.8 Å². The minimum Gasteiger partial charge on any atom is -0.496 e. The SMILES string of the molecule is COc1ccccc1-c1ccc(C(=O)N2Cc3ccc(C(=O)NCCc4ccccn4)n3Cc3ccccc32)cc1. The molecule has 0 fully saturated rings. The van der Waals surface area contributed by atoms with Gasteiger partial charge in [-0.25, -0.2) is 0 Å². The van der Waals surface area contributed by atoms with Gasteiger partial charge in [0.15, 0.2) is 0 Å². The molecule has 1 aliphatic rings. The second kappa shape index (κ2) is 11.5. The van der Waals surface area contributed by atoms with Crippen LogP contribution in [0.1, 0.15) is 37.8 Å². The van der Waals surface area contributed by atoms with Gasteiger partial charge in [-0.1, -0.05) is 54.6 Å². The molecule has 0 saturated carbocycles. The molecule has 7 heteroatoms. The molecule has 5 aromatic rings. The maximum atomic E-state index is 13.9. The van der Waals surface area contributed by atoms with Crippen LogP contribution in [-0.2, 0) is 19.5 Å². The van der Waals surface area contributed by atoms with Gasteiger partial charge in [0.2, 0.25) is 0 Å². The molecule has 204 valence electrons. The number of carbonyl (C=O) groups is 2. The third kappa shape index (κ3) is 5.34. The number of amides is 2. The highest BCUT2D eigenvalue weighted by Crippen LogP contribution is 2.32. The number of methoxy groups -OCH3 is 1. The first-order valence-electron chi connectivity index (χ1n) is 13.6. The van der Waals surface area contributed by atoms with Gasteiger partial charge in [-0.2, -0.15) is 0 Å². The fourth-order valence-corrected chi connectivity index (χ4v) is 5.31. The molecule has 0 saturated heterocycles. The maximum absolute atomic E-state index is 13.9. The van der Waals surface area contributed by atoms with E-state index in [-0.39, 0.29) is 11.8 Å². The zero-order chi connectivity index (χ0) is 28.2. The number of rotatable bonds is 7. The van der Waals surface area contributed by atoms with Crippen LogP contribution in [0.5, 0.6) is 5.75 Å². The zero-order valence-corrected chi connectivity index (χ0v) is 22.8. The molecular weight excluding hydrogens is 512 g/mol. The number of para-hydroxylation sites is 2. The third-order valence-electron chi connectivity index (χ3n) is 7.42. The highest BCUT2D eigenvalue weighted by molar-refractivity contribution is 6.07. The second-order valence-electron chi connectivity index (χ2n) is 9.92. The van der Waals surface area contributed by atoms with Crippen molar-refractivity contribution in [3.05, 3.63) is 138 Å². The Balaban J connectivity index is 1.24. The molecule has 0 bridgehead atoms. The maximum Gasteiger partial charge on any atom is 0.267 e. The Hall–Kier alpha value is -5.17. The Bertz CT molecular complexity index is 1690.